The monoisotopic (exact) mass is 491 g/mol. The minimum Gasteiger partial charge on any atom is -0.497 e. The van der Waals surface area contributed by atoms with Gasteiger partial charge in [-0.1, -0.05) is 32.1 Å². The molecule has 0 radical (unpaired) electrons. The summed E-state index contributed by atoms with van der Waals surface area (Å²) in [6, 6.07) is 8.22. The third kappa shape index (κ3) is 5.71. The normalized spacial score (nSPS) is 16.9. The zero-order valence-corrected chi connectivity index (χ0v) is 21.2. The van der Waals surface area contributed by atoms with Crippen molar-refractivity contribution >= 4 is 28.4 Å². The van der Waals surface area contributed by atoms with Gasteiger partial charge in [0.05, 0.1) is 25.2 Å². The Labute approximate surface area is 212 Å². The quantitative estimate of drug-likeness (QED) is 0.489. The molecule has 3 aromatic rings. The van der Waals surface area contributed by atoms with Gasteiger partial charge >= 0.3 is 0 Å². The van der Waals surface area contributed by atoms with Crippen molar-refractivity contribution in [2.24, 2.45) is 5.92 Å². The highest BCUT2D eigenvalue weighted by atomic mass is 16.5. The second-order valence-corrected chi connectivity index (χ2v) is 9.87. The van der Waals surface area contributed by atoms with Crippen molar-refractivity contribution < 1.29 is 9.53 Å². The summed E-state index contributed by atoms with van der Waals surface area (Å²) in [4.78, 5) is 26.1. The van der Waals surface area contributed by atoms with Gasteiger partial charge < -0.3 is 19.9 Å². The number of amides is 1. The van der Waals surface area contributed by atoms with Crippen molar-refractivity contribution in [1.82, 2.24) is 25.1 Å². The maximum Gasteiger partial charge on any atom is 0.220 e. The number of nitrogens with zero attached hydrogens (tertiary/aromatic N) is 6. The van der Waals surface area contributed by atoms with Crippen molar-refractivity contribution in [3.63, 3.8) is 0 Å². The van der Waals surface area contributed by atoms with Gasteiger partial charge in [-0.25, -0.2) is 14.6 Å². The lowest BCUT2D eigenvalue weighted by atomic mass is 9.86. The molecule has 0 unspecified atom stereocenters. The van der Waals surface area contributed by atoms with E-state index in [4.69, 9.17) is 4.74 Å². The molecule has 1 N–H and O–H groups in total. The molecule has 1 amide bonds. The average Bonchev–Trinajstić information content (AvgIpc) is 3.36. The summed E-state index contributed by atoms with van der Waals surface area (Å²) in [5.41, 5.74) is 2.02. The van der Waals surface area contributed by atoms with Crippen LogP contribution >= 0.6 is 0 Å². The van der Waals surface area contributed by atoms with E-state index in [1.807, 2.05) is 23.0 Å². The van der Waals surface area contributed by atoms with Crippen LogP contribution in [0.3, 0.4) is 0 Å². The number of anilines is 2. The lowest BCUT2D eigenvalue weighted by Gasteiger charge is -2.36. The molecule has 3 heterocycles. The second-order valence-electron chi connectivity index (χ2n) is 9.87. The summed E-state index contributed by atoms with van der Waals surface area (Å²) in [6.07, 6.45) is 11.7. The first-order chi connectivity index (χ1) is 17.7. The van der Waals surface area contributed by atoms with Gasteiger partial charge in [0.1, 0.15) is 17.9 Å². The number of benzene rings is 1. The molecular weight excluding hydrogens is 454 g/mol. The number of ether oxygens (including phenoxy) is 1. The molecule has 1 saturated heterocycles. The second kappa shape index (κ2) is 11.6. The van der Waals surface area contributed by atoms with Gasteiger partial charge in [-0.05, 0) is 36.6 Å². The smallest absolute Gasteiger partial charge is 0.220 e. The molecular formula is C27H37N7O2. The highest BCUT2D eigenvalue weighted by Gasteiger charge is 2.22. The predicted octanol–water partition coefficient (Wildman–Crippen LogP) is 3.64. The van der Waals surface area contributed by atoms with Crippen LogP contribution in [0, 0.1) is 5.92 Å². The Balaban J connectivity index is 1.14. The lowest BCUT2D eigenvalue weighted by Crippen LogP contribution is -2.46. The van der Waals surface area contributed by atoms with E-state index in [1.165, 1.54) is 37.8 Å². The molecule has 1 aliphatic carbocycles. The largest absolute Gasteiger partial charge is 0.497 e. The number of hydrogen-bond acceptors (Lipinski definition) is 7. The Morgan fingerprint density at radius 2 is 1.78 bits per heavy atom. The van der Waals surface area contributed by atoms with Crippen LogP contribution in [0.5, 0.6) is 5.75 Å². The maximum atomic E-state index is 12.3. The fourth-order valence-electron chi connectivity index (χ4n) is 5.47. The Bertz CT molecular complexity index is 1130. The van der Waals surface area contributed by atoms with E-state index < -0.39 is 0 Å². The number of methoxy groups -OCH3 is 1. The van der Waals surface area contributed by atoms with Gasteiger partial charge in [0.2, 0.25) is 5.91 Å². The van der Waals surface area contributed by atoms with Crippen molar-refractivity contribution in [3.05, 3.63) is 36.8 Å². The van der Waals surface area contributed by atoms with Gasteiger partial charge in [-0.2, -0.15) is 5.10 Å². The molecule has 1 saturated carbocycles. The number of piperazine rings is 1. The predicted molar refractivity (Wildman–Crippen MR) is 142 cm³/mol. The van der Waals surface area contributed by atoms with E-state index in [2.05, 4.69) is 42.3 Å². The lowest BCUT2D eigenvalue weighted by molar-refractivity contribution is -0.121. The molecule has 0 atom stereocenters. The molecule has 9 heteroatoms. The zero-order chi connectivity index (χ0) is 24.7. The Hall–Kier alpha value is -3.36. The van der Waals surface area contributed by atoms with Crippen molar-refractivity contribution in [1.29, 1.82) is 0 Å². The van der Waals surface area contributed by atoms with Crippen LogP contribution < -0.4 is 19.9 Å². The number of fused-ring (bicyclic) bond motifs is 1. The first-order valence-corrected chi connectivity index (χ1v) is 13.3. The van der Waals surface area contributed by atoms with Crippen LogP contribution in [-0.4, -0.2) is 65.5 Å². The fourth-order valence-corrected chi connectivity index (χ4v) is 5.47. The van der Waals surface area contributed by atoms with E-state index in [0.29, 0.717) is 19.5 Å². The SMILES string of the molecule is COc1ccc(N2CCN(c3ncnc4c3cnn4CCNC(=O)CCC3CCCCC3)CC2)cc1. The summed E-state index contributed by atoms with van der Waals surface area (Å²) in [5.74, 6) is 2.67. The highest BCUT2D eigenvalue weighted by molar-refractivity contribution is 5.86. The number of rotatable bonds is 9. The van der Waals surface area contributed by atoms with Crippen molar-refractivity contribution in [2.45, 2.75) is 51.5 Å². The van der Waals surface area contributed by atoms with Crippen LogP contribution in [-0.2, 0) is 11.3 Å². The number of aromatic nitrogens is 4. The summed E-state index contributed by atoms with van der Waals surface area (Å²) in [7, 11) is 1.69. The van der Waals surface area contributed by atoms with Crippen LogP contribution in [0.25, 0.3) is 11.0 Å². The molecule has 2 aliphatic rings. The molecule has 5 rings (SSSR count). The summed E-state index contributed by atoms with van der Waals surface area (Å²) < 4.78 is 7.15. The van der Waals surface area contributed by atoms with Crippen LogP contribution in [0.2, 0.25) is 0 Å². The zero-order valence-electron chi connectivity index (χ0n) is 21.2. The number of nitrogens with one attached hydrogen (secondary N) is 1. The third-order valence-corrected chi connectivity index (χ3v) is 7.58. The third-order valence-electron chi connectivity index (χ3n) is 7.58. The van der Waals surface area contributed by atoms with Gasteiger partial charge in [-0.3, -0.25) is 4.79 Å². The fraction of sp³-hybridized carbons (Fsp3) is 0.556. The van der Waals surface area contributed by atoms with Crippen LogP contribution in [0.1, 0.15) is 44.9 Å². The highest BCUT2D eigenvalue weighted by Crippen LogP contribution is 2.28. The van der Waals surface area contributed by atoms with Crippen LogP contribution in [0.4, 0.5) is 11.5 Å². The summed E-state index contributed by atoms with van der Waals surface area (Å²) >= 11 is 0. The van der Waals surface area contributed by atoms with Gasteiger partial charge in [0, 0.05) is 44.8 Å². The van der Waals surface area contributed by atoms with E-state index in [9.17, 15) is 4.79 Å². The molecule has 192 valence electrons. The minimum absolute atomic E-state index is 0.141. The molecule has 0 bridgehead atoms. The van der Waals surface area contributed by atoms with Crippen LogP contribution in [0.15, 0.2) is 36.8 Å². The first-order valence-electron chi connectivity index (χ1n) is 13.3. The standard InChI is InChI=1S/C27H37N7O2/c1-36-23-10-8-22(9-11-23)32-15-17-33(18-16-32)26-24-19-31-34(27(24)30-20-29-26)14-13-28-25(35)12-7-21-5-3-2-4-6-21/h8-11,19-21H,2-7,12-18H2,1H3,(H,28,35). The summed E-state index contributed by atoms with van der Waals surface area (Å²) in [6.45, 7) is 4.74. The topological polar surface area (TPSA) is 88.4 Å². The van der Waals surface area contributed by atoms with Gasteiger partial charge in [-0.15, -0.1) is 0 Å². The number of hydrogen-bond donors (Lipinski definition) is 1. The van der Waals surface area contributed by atoms with E-state index in [1.54, 1.807) is 13.4 Å². The molecule has 36 heavy (non-hydrogen) atoms. The maximum absolute atomic E-state index is 12.3. The Kier molecular flexibility index (Phi) is 7.83. The Morgan fingerprint density at radius 1 is 1.03 bits per heavy atom. The molecule has 2 aromatic heterocycles. The number of carbonyl (C=O) groups is 1. The molecule has 9 nitrogen and oxygen atoms in total. The molecule has 0 spiro atoms. The molecule has 1 aromatic carbocycles. The van der Waals surface area contributed by atoms with Gasteiger partial charge in [0.15, 0.2) is 5.65 Å². The van der Waals surface area contributed by atoms with Gasteiger partial charge in [0.25, 0.3) is 0 Å². The van der Waals surface area contributed by atoms with Crippen molar-refractivity contribution in [2.75, 3.05) is 49.6 Å². The molecule has 2 fully saturated rings. The first kappa shape index (κ1) is 24.3. The minimum atomic E-state index is 0.141. The van der Waals surface area contributed by atoms with Crippen molar-refractivity contribution in [3.8, 4) is 5.75 Å². The Morgan fingerprint density at radius 3 is 2.53 bits per heavy atom. The number of carbonyl (C=O) groups excluding carboxylic acids is 1. The van der Waals surface area contributed by atoms with E-state index >= 15 is 0 Å². The molecule has 1 aliphatic heterocycles. The summed E-state index contributed by atoms with van der Waals surface area (Å²) in [5, 5.41) is 8.58. The van der Waals surface area contributed by atoms with E-state index in [-0.39, 0.29) is 5.91 Å². The average molecular weight is 492 g/mol. The van der Waals surface area contributed by atoms with E-state index in [0.717, 1.165) is 61.1 Å².